The molecule has 0 saturated carbocycles. The zero-order chi connectivity index (χ0) is 22.0. The first kappa shape index (κ1) is 21.4. The predicted octanol–water partition coefficient (Wildman–Crippen LogP) is 4.45. The summed E-state index contributed by atoms with van der Waals surface area (Å²) in [6, 6.07) is 14.3. The van der Waals surface area contributed by atoms with Crippen LogP contribution < -0.4 is 9.46 Å². The van der Waals surface area contributed by atoms with Crippen molar-refractivity contribution >= 4 is 33.0 Å². The number of carbonyl (C=O) groups excluding carboxylic acids is 1. The SMILES string of the molecule is CCOc1ccc(C)cc1S(=O)(=O)Nc1ccc2c(c1)CN(C(=O)c1cccs1)CC2. The molecule has 1 amide bonds. The number of ether oxygens (including phenoxy) is 1. The van der Waals surface area contributed by atoms with E-state index in [4.69, 9.17) is 4.74 Å². The summed E-state index contributed by atoms with van der Waals surface area (Å²) < 4.78 is 34.4. The molecule has 8 heteroatoms. The van der Waals surface area contributed by atoms with Crippen LogP contribution >= 0.6 is 11.3 Å². The topological polar surface area (TPSA) is 75.7 Å². The Hall–Kier alpha value is -2.84. The maximum absolute atomic E-state index is 13.1. The molecule has 0 aliphatic carbocycles. The number of nitrogens with one attached hydrogen (secondary N) is 1. The maximum Gasteiger partial charge on any atom is 0.265 e. The van der Waals surface area contributed by atoms with Gasteiger partial charge in [0.1, 0.15) is 10.6 Å². The average Bonchev–Trinajstić information content (AvgIpc) is 3.28. The molecule has 31 heavy (non-hydrogen) atoms. The van der Waals surface area contributed by atoms with Gasteiger partial charge in [0.05, 0.1) is 11.5 Å². The number of anilines is 1. The normalized spacial score (nSPS) is 13.5. The molecular formula is C23H24N2O4S2. The summed E-state index contributed by atoms with van der Waals surface area (Å²) in [5, 5.41) is 1.89. The van der Waals surface area contributed by atoms with Crippen LogP contribution in [0.5, 0.6) is 5.75 Å². The number of aryl methyl sites for hydroxylation is 1. The smallest absolute Gasteiger partial charge is 0.265 e. The van der Waals surface area contributed by atoms with Crippen LogP contribution in [0.4, 0.5) is 5.69 Å². The monoisotopic (exact) mass is 456 g/mol. The van der Waals surface area contributed by atoms with E-state index < -0.39 is 10.0 Å². The highest BCUT2D eigenvalue weighted by atomic mass is 32.2. The number of thiophene rings is 1. The van der Waals surface area contributed by atoms with Crippen molar-refractivity contribution in [3.8, 4) is 5.75 Å². The first-order valence-corrected chi connectivity index (χ1v) is 12.4. The van der Waals surface area contributed by atoms with Crippen molar-refractivity contribution in [2.24, 2.45) is 0 Å². The fourth-order valence-corrected chi connectivity index (χ4v) is 5.63. The van der Waals surface area contributed by atoms with Crippen molar-refractivity contribution in [1.29, 1.82) is 0 Å². The molecule has 0 saturated heterocycles. The van der Waals surface area contributed by atoms with Crippen LogP contribution in [0.25, 0.3) is 0 Å². The Morgan fingerprint density at radius 2 is 2.00 bits per heavy atom. The third-order valence-electron chi connectivity index (χ3n) is 5.18. The van der Waals surface area contributed by atoms with Crippen molar-refractivity contribution in [2.75, 3.05) is 17.9 Å². The summed E-state index contributed by atoms with van der Waals surface area (Å²) >= 11 is 1.43. The van der Waals surface area contributed by atoms with Crippen molar-refractivity contribution < 1.29 is 17.9 Å². The molecule has 0 bridgehead atoms. The summed E-state index contributed by atoms with van der Waals surface area (Å²) in [6.07, 6.45) is 0.742. The van der Waals surface area contributed by atoms with Gasteiger partial charge in [0.2, 0.25) is 0 Å². The Bertz CT molecular complexity index is 1200. The average molecular weight is 457 g/mol. The molecule has 6 nitrogen and oxygen atoms in total. The van der Waals surface area contributed by atoms with Crippen LogP contribution in [-0.2, 0) is 23.0 Å². The summed E-state index contributed by atoms with van der Waals surface area (Å²) in [5.74, 6) is 0.332. The number of amides is 1. The minimum absolute atomic E-state index is 0.00718. The third-order valence-corrected chi connectivity index (χ3v) is 7.44. The molecule has 3 aromatic rings. The maximum atomic E-state index is 13.1. The molecule has 162 valence electrons. The Morgan fingerprint density at radius 3 is 2.74 bits per heavy atom. The number of benzene rings is 2. The van der Waals surface area contributed by atoms with Gasteiger partial charge < -0.3 is 9.64 Å². The molecule has 0 spiro atoms. The molecule has 2 aromatic carbocycles. The molecule has 0 atom stereocenters. The van der Waals surface area contributed by atoms with Gasteiger partial charge in [-0.1, -0.05) is 18.2 Å². The number of fused-ring (bicyclic) bond motifs is 1. The molecule has 0 fully saturated rings. The van der Waals surface area contributed by atoms with E-state index in [0.29, 0.717) is 36.0 Å². The fraction of sp³-hybridized carbons (Fsp3) is 0.261. The number of sulfonamides is 1. The lowest BCUT2D eigenvalue weighted by Crippen LogP contribution is -2.35. The van der Waals surface area contributed by atoms with E-state index in [-0.39, 0.29) is 10.8 Å². The number of hydrogen-bond acceptors (Lipinski definition) is 5. The van der Waals surface area contributed by atoms with Crippen LogP contribution in [0.1, 0.15) is 33.3 Å². The second kappa shape index (κ2) is 8.72. The Morgan fingerprint density at radius 1 is 1.16 bits per heavy atom. The predicted molar refractivity (Wildman–Crippen MR) is 122 cm³/mol. The first-order valence-electron chi connectivity index (χ1n) is 10.1. The zero-order valence-electron chi connectivity index (χ0n) is 17.4. The van der Waals surface area contributed by atoms with Gasteiger partial charge in [0.15, 0.2) is 0 Å². The highest BCUT2D eigenvalue weighted by Crippen LogP contribution is 2.29. The van der Waals surface area contributed by atoms with Crippen LogP contribution in [0.2, 0.25) is 0 Å². The van der Waals surface area contributed by atoms with Crippen molar-refractivity contribution in [3.63, 3.8) is 0 Å². The number of carbonyl (C=O) groups is 1. The van der Waals surface area contributed by atoms with Gasteiger partial charge in [-0.05, 0) is 72.7 Å². The quantitative estimate of drug-likeness (QED) is 0.594. The van der Waals surface area contributed by atoms with Crippen LogP contribution in [0, 0.1) is 6.92 Å². The van der Waals surface area contributed by atoms with Crippen molar-refractivity contribution in [1.82, 2.24) is 4.90 Å². The highest BCUT2D eigenvalue weighted by Gasteiger charge is 2.24. The Kier molecular flexibility index (Phi) is 6.02. The van der Waals surface area contributed by atoms with E-state index >= 15 is 0 Å². The van der Waals surface area contributed by atoms with E-state index in [1.165, 1.54) is 11.3 Å². The molecule has 1 aliphatic heterocycles. The summed E-state index contributed by atoms with van der Waals surface area (Å²) in [6.45, 7) is 5.13. The van der Waals surface area contributed by atoms with E-state index in [0.717, 1.165) is 23.1 Å². The van der Waals surface area contributed by atoms with Gasteiger partial charge in [-0.3, -0.25) is 9.52 Å². The largest absolute Gasteiger partial charge is 0.492 e. The third kappa shape index (κ3) is 4.60. The van der Waals surface area contributed by atoms with E-state index in [2.05, 4.69) is 4.72 Å². The second-order valence-electron chi connectivity index (χ2n) is 7.43. The highest BCUT2D eigenvalue weighted by molar-refractivity contribution is 7.92. The molecule has 1 N–H and O–H groups in total. The van der Waals surface area contributed by atoms with E-state index in [9.17, 15) is 13.2 Å². The van der Waals surface area contributed by atoms with Crippen molar-refractivity contribution in [3.05, 3.63) is 75.5 Å². The minimum atomic E-state index is -3.83. The number of rotatable bonds is 6. The lowest BCUT2D eigenvalue weighted by Gasteiger charge is -2.29. The van der Waals surface area contributed by atoms with Crippen LogP contribution in [0.15, 0.2) is 58.8 Å². The van der Waals surface area contributed by atoms with Crippen molar-refractivity contribution in [2.45, 2.75) is 31.7 Å². The molecular weight excluding hydrogens is 432 g/mol. The molecule has 0 radical (unpaired) electrons. The molecule has 1 aliphatic rings. The van der Waals surface area contributed by atoms with Gasteiger partial charge in [0, 0.05) is 18.8 Å². The number of nitrogens with zero attached hydrogens (tertiary/aromatic N) is 1. The van der Waals surface area contributed by atoms with Gasteiger partial charge in [-0.2, -0.15) is 0 Å². The first-order chi connectivity index (χ1) is 14.9. The molecule has 2 heterocycles. The van der Waals surface area contributed by atoms with E-state index in [1.54, 1.807) is 23.1 Å². The molecule has 4 rings (SSSR count). The molecule has 0 unspecified atom stereocenters. The summed E-state index contributed by atoms with van der Waals surface area (Å²) in [5.41, 5.74) is 3.37. The minimum Gasteiger partial charge on any atom is -0.492 e. The Balaban J connectivity index is 1.58. The second-order valence-corrected chi connectivity index (χ2v) is 10.0. The van der Waals surface area contributed by atoms with E-state index in [1.807, 2.05) is 49.6 Å². The zero-order valence-corrected chi connectivity index (χ0v) is 19.1. The molecule has 1 aromatic heterocycles. The lowest BCUT2D eigenvalue weighted by atomic mass is 9.99. The van der Waals surface area contributed by atoms with Gasteiger partial charge >= 0.3 is 0 Å². The Labute approximate surface area is 186 Å². The van der Waals surface area contributed by atoms with Gasteiger partial charge in [-0.15, -0.1) is 11.3 Å². The fourth-order valence-electron chi connectivity index (χ4n) is 3.66. The lowest BCUT2D eigenvalue weighted by molar-refractivity contribution is 0.0739. The van der Waals surface area contributed by atoms with Gasteiger partial charge in [-0.25, -0.2) is 8.42 Å². The standard InChI is InChI=1S/C23H24N2O4S2/c1-3-29-20-9-6-16(2)13-22(20)31(27,28)24-19-8-7-17-10-11-25(15-18(17)14-19)23(26)21-5-4-12-30-21/h4-9,12-14,24H,3,10-11,15H2,1-2H3. The summed E-state index contributed by atoms with van der Waals surface area (Å²) in [4.78, 5) is 15.3. The summed E-state index contributed by atoms with van der Waals surface area (Å²) in [7, 11) is -3.83. The van der Waals surface area contributed by atoms with Crippen LogP contribution in [0.3, 0.4) is 0 Å². The van der Waals surface area contributed by atoms with Crippen LogP contribution in [-0.4, -0.2) is 32.4 Å². The number of hydrogen-bond donors (Lipinski definition) is 1. The van der Waals surface area contributed by atoms with Gasteiger partial charge in [0.25, 0.3) is 15.9 Å².